The molecule has 0 spiro atoms. The largest absolute Gasteiger partial charge is 0.497 e. The van der Waals surface area contributed by atoms with Gasteiger partial charge in [0, 0.05) is 51.3 Å². The average molecular weight is 513 g/mol. The van der Waals surface area contributed by atoms with Crippen molar-refractivity contribution in [2.45, 2.75) is 19.1 Å². The molecule has 8 nitrogen and oxygen atoms in total. The topological polar surface area (TPSA) is 99.2 Å². The number of rotatable bonds is 7. The third-order valence-corrected chi connectivity index (χ3v) is 5.20. The van der Waals surface area contributed by atoms with Crippen molar-refractivity contribution in [2.24, 2.45) is 0 Å². The third-order valence-electron chi connectivity index (χ3n) is 5.20. The van der Waals surface area contributed by atoms with Crippen LogP contribution in [0.1, 0.15) is 22.3 Å². The molecule has 2 aromatic carbocycles. The molecule has 0 bridgehead atoms. The molecular formula is C24H27F4N3O5. The van der Waals surface area contributed by atoms with Crippen molar-refractivity contribution in [3.8, 4) is 5.75 Å². The number of halogens is 4. The highest BCUT2D eigenvalue weighted by molar-refractivity contribution is 5.94. The summed E-state index contributed by atoms with van der Waals surface area (Å²) in [6.45, 7) is 3.52. The molecule has 1 aliphatic rings. The smallest absolute Gasteiger partial charge is 0.490 e. The zero-order chi connectivity index (χ0) is 26.7. The number of carboxylic acid groups (broad SMARTS) is 1. The standard InChI is InChI=1S/C22H26FN3O3.C2HF3O2/c1-29-20-4-2-3-18(15-20)22(28)26(16-17-5-7-19(23)8-6-17)12-9-21(27)25-13-10-24-11-14-25;3-2(4,5)1(6)7/h2-8,15,24H,9-14,16H2,1H3;(H,6,7). The van der Waals surface area contributed by atoms with Gasteiger partial charge in [0.25, 0.3) is 5.91 Å². The molecule has 0 aromatic heterocycles. The first-order valence-corrected chi connectivity index (χ1v) is 11.0. The van der Waals surface area contributed by atoms with Gasteiger partial charge in [-0.25, -0.2) is 9.18 Å². The van der Waals surface area contributed by atoms with Crippen LogP contribution in [0.3, 0.4) is 0 Å². The van der Waals surface area contributed by atoms with Gasteiger partial charge in [-0.05, 0) is 35.9 Å². The number of hydrogen-bond acceptors (Lipinski definition) is 5. The van der Waals surface area contributed by atoms with E-state index in [1.54, 1.807) is 48.4 Å². The van der Waals surface area contributed by atoms with Gasteiger partial charge in [0.2, 0.25) is 5.91 Å². The summed E-state index contributed by atoms with van der Waals surface area (Å²) in [4.78, 5) is 38.0. The van der Waals surface area contributed by atoms with E-state index in [2.05, 4.69) is 5.32 Å². The Morgan fingerprint density at radius 1 is 1.08 bits per heavy atom. The molecule has 0 atom stereocenters. The van der Waals surface area contributed by atoms with Crippen LogP contribution in [0.5, 0.6) is 5.75 Å². The predicted molar refractivity (Wildman–Crippen MR) is 122 cm³/mol. The number of hydrogen-bond donors (Lipinski definition) is 2. The van der Waals surface area contributed by atoms with Gasteiger partial charge in [-0.3, -0.25) is 9.59 Å². The summed E-state index contributed by atoms with van der Waals surface area (Å²) in [5.74, 6) is -2.65. The van der Waals surface area contributed by atoms with Crippen LogP contribution in [-0.4, -0.2) is 78.7 Å². The molecule has 0 saturated carbocycles. The number of ether oxygens (including phenoxy) is 1. The fourth-order valence-corrected chi connectivity index (χ4v) is 3.30. The molecule has 196 valence electrons. The Morgan fingerprint density at radius 3 is 2.25 bits per heavy atom. The normalized spacial score (nSPS) is 13.3. The highest BCUT2D eigenvalue weighted by atomic mass is 19.4. The second-order valence-corrected chi connectivity index (χ2v) is 7.77. The molecule has 2 aromatic rings. The van der Waals surface area contributed by atoms with Crippen LogP contribution in [0.4, 0.5) is 17.6 Å². The highest BCUT2D eigenvalue weighted by Crippen LogP contribution is 2.17. The van der Waals surface area contributed by atoms with Gasteiger partial charge in [-0.2, -0.15) is 13.2 Å². The zero-order valence-corrected chi connectivity index (χ0v) is 19.6. The second-order valence-electron chi connectivity index (χ2n) is 7.77. The van der Waals surface area contributed by atoms with Gasteiger partial charge < -0.3 is 25.0 Å². The number of aliphatic carboxylic acids is 1. The minimum absolute atomic E-state index is 0.0362. The molecule has 0 aliphatic carbocycles. The molecule has 1 saturated heterocycles. The Bertz CT molecular complexity index is 1030. The first-order valence-electron chi connectivity index (χ1n) is 11.0. The van der Waals surface area contributed by atoms with E-state index in [0.717, 1.165) is 18.7 Å². The number of alkyl halides is 3. The summed E-state index contributed by atoms with van der Waals surface area (Å²) >= 11 is 0. The molecule has 2 N–H and O–H groups in total. The Balaban J connectivity index is 0.000000572. The van der Waals surface area contributed by atoms with Crippen LogP contribution in [0, 0.1) is 5.82 Å². The molecule has 2 amide bonds. The fraction of sp³-hybridized carbons (Fsp3) is 0.375. The summed E-state index contributed by atoms with van der Waals surface area (Å²) in [5.41, 5.74) is 1.29. The molecule has 1 fully saturated rings. The van der Waals surface area contributed by atoms with E-state index in [0.29, 0.717) is 30.9 Å². The lowest BCUT2D eigenvalue weighted by Crippen LogP contribution is -2.47. The van der Waals surface area contributed by atoms with E-state index in [1.165, 1.54) is 12.1 Å². The summed E-state index contributed by atoms with van der Waals surface area (Å²) in [7, 11) is 1.55. The van der Waals surface area contributed by atoms with Crippen molar-refractivity contribution in [3.63, 3.8) is 0 Å². The van der Waals surface area contributed by atoms with Crippen LogP contribution >= 0.6 is 0 Å². The average Bonchev–Trinajstić information content (AvgIpc) is 2.87. The van der Waals surface area contributed by atoms with Gasteiger partial charge in [-0.1, -0.05) is 18.2 Å². The number of amides is 2. The molecule has 1 aliphatic heterocycles. The lowest BCUT2D eigenvalue weighted by atomic mass is 10.1. The molecule has 1 heterocycles. The first-order chi connectivity index (χ1) is 17.0. The van der Waals surface area contributed by atoms with Crippen LogP contribution in [0.25, 0.3) is 0 Å². The van der Waals surface area contributed by atoms with E-state index in [-0.39, 0.29) is 30.6 Å². The Hall–Kier alpha value is -3.67. The molecule has 12 heteroatoms. The molecule has 0 unspecified atom stereocenters. The van der Waals surface area contributed by atoms with Crippen molar-refractivity contribution < 1.29 is 41.8 Å². The molecule has 0 radical (unpaired) electrons. The maximum absolute atomic E-state index is 13.2. The number of carbonyl (C=O) groups excluding carboxylic acids is 2. The molecule has 36 heavy (non-hydrogen) atoms. The Kier molecular flexibility index (Phi) is 10.7. The number of carboxylic acids is 1. The zero-order valence-electron chi connectivity index (χ0n) is 19.6. The fourth-order valence-electron chi connectivity index (χ4n) is 3.30. The molecule has 3 rings (SSSR count). The van der Waals surface area contributed by atoms with Gasteiger partial charge in [0.15, 0.2) is 0 Å². The quantitative estimate of drug-likeness (QED) is 0.553. The van der Waals surface area contributed by atoms with E-state index in [9.17, 15) is 27.2 Å². The monoisotopic (exact) mass is 513 g/mol. The lowest BCUT2D eigenvalue weighted by Gasteiger charge is -2.29. The van der Waals surface area contributed by atoms with E-state index < -0.39 is 12.1 Å². The van der Waals surface area contributed by atoms with E-state index in [4.69, 9.17) is 14.6 Å². The third kappa shape index (κ3) is 9.17. The van der Waals surface area contributed by atoms with Gasteiger partial charge in [-0.15, -0.1) is 0 Å². The summed E-state index contributed by atoms with van der Waals surface area (Å²) in [6, 6.07) is 13.0. The first kappa shape index (κ1) is 28.6. The maximum atomic E-state index is 13.2. The lowest BCUT2D eigenvalue weighted by molar-refractivity contribution is -0.192. The number of piperazine rings is 1. The maximum Gasteiger partial charge on any atom is 0.490 e. The van der Waals surface area contributed by atoms with Crippen molar-refractivity contribution in [1.82, 2.24) is 15.1 Å². The minimum atomic E-state index is -5.08. The van der Waals surface area contributed by atoms with E-state index in [1.807, 2.05) is 4.90 Å². The van der Waals surface area contributed by atoms with Crippen LogP contribution in [0.15, 0.2) is 48.5 Å². The summed E-state index contributed by atoms with van der Waals surface area (Å²) in [5, 5.41) is 10.3. The number of benzene rings is 2. The van der Waals surface area contributed by atoms with Crippen molar-refractivity contribution in [3.05, 3.63) is 65.5 Å². The number of carbonyl (C=O) groups is 3. The second kappa shape index (κ2) is 13.4. The van der Waals surface area contributed by atoms with Crippen molar-refractivity contribution in [2.75, 3.05) is 39.8 Å². The van der Waals surface area contributed by atoms with Crippen LogP contribution in [0.2, 0.25) is 0 Å². The number of nitrogens with zero attached hydrogens (tertiary/aromatic N) is 2. The van der Waals surface area contributed by atoms with Crippen molar-refractivity contribution in [1.29, 1.82) is 0 Å². The number of methoxy groups -OCH3 is 1. The van der Waals surface area contributed by atoms with Gasteiger partial charge in [0.05, 0.1) is 7.11 Å². The highest BCUT2D eigenvalue weighted by Gasteiger charge is 2.38. The predicted octanol–water partition coefficient (Wildman–Crippen LogP) is 2.93. The van der Waals surface area contributed by atoms with Gasteiger partial charge >= 0.3 is 12.1 Å². The number of nitrogens with one attached hydrogen (secondary N) is 1. The SMILES string of the molecule is COc1cccc(C(=O)N(CCC(=O)N2CCNCC2)Cc2ccc(F)cc2)c1.O=C(O)C(F)(F)F. The van der Waals surface area contributed by atoms with E-state index >= 15 is 0 Å². The Morgan fingerprint density at radius 2 is 1.69 bits per heavy atom. The summed E-state index contributed by atoms with van der Waals surface area (Å²) < 4.78 is 50.2. The van der Waals surface area contributed by atoms with Crippen LogP contribution in [-0.2, 0) is 16.1 Å². The van der Waals surface area contributed by atoms with Crippen molar-refractivity contribution >= 4 is 17.8 Å². The van der Waals surface area contributed by atoms with Gasteiger partial charge in [0.1, 0.15) is 11.6 Å². The Labute approximate surface area is 205 Å². The molecular weight excluding hydrogens is 486 g/mol. The minimum Gasteiger partial charge on any atom is -0.497 e. The van der Waals surface area contributed by atoms with Crippen LogP contribution < -0.4 is 10.1 Å². The summed E-state index contributed by atoms with van der Waals surface area (Å²) in [6.07, 6.45) is -4.84.